The Kier molecular flexibility index (Phi) is 7.23. The van der Waals surface area contributed by atoms with E-state index < -0.39 is 23.0 Å². The lowest BCUT2D eigenvalue weighted by Crippen LogP contribution is -2.46. The fourth-order valence-electron chi connectivity index (χ4n) is 3.28. The van der Waals surface area contributed by atoms with Gasteiger partial charge in [0.25, 0.3) is 5.69 Å². The molecule has 0 saturated heterocycles. The van der Waals surface area contributed by atoms with Crippen LogP contribution < -0.4 is 16.0 Å². The Labute approximate surface area is 195 Å². The van der Waals surface area contributed by atoms with E-state index in [0.29, 0.717) is 27.8 Å². The minimum atomic E-state index is -0.513. The van der Waals surface area contributed by atoms with Gasteiger partial charge < -0.3 is 25.6 Å². The van der Waals surface area contributed by atoms with E-state index >= 15 is 0 Å². The minimum absolute atomic E-state index is 0.0648. The van der Waals surface area contributed by atoms with E-state index in [1.165, 1.54) is 24.3 Å². The molecular formula is C22H23N5O5S. The quantitative estimate of drug-likeness (QED) is 0.251. The molecule has 1 unspecified atom stereocenters. The molecular weight excluding hydrogens is 446 g/mol. The number of amides is 2. The lowest BCUT2D eigenvalue weighted by molar-refractivity contribution is -0.384. The van der Waals surface area contributed by atoms with Crippen LogP contribution in [0.3, 0.4) is 0 Å². The second-order valence-corrected chi connectivity index (χ2v) is 7.55. The smallest absolute Gasteiger partial charge is 0.338 e. The minimum Gasteiger partial charge on any atom is -0.463 e. The molecule has 33 heavy (non-hydrogen) atoms. The zero-order valence-corrected chi connectivity index (χ0v) is 19.1. The molecule has 0 saturated carbocycles. The number of urea groups is 1. The summed E-state index contributed by atoms with van der Waals surface area (Å²) in [5.74, 6) is -0.425. The summed E-state index contributed by atoms with van der Waals surface area (Å²) < 4.78 is 5.23. The number of nitro groups is 1. The zero-order chi connectivity index (χ0) is 24.1. The fourth-order valence-corrected chi connectivity index (χ4v) is 3.53. The third-order valence-electron chi connectivity index (χ3n) is 5.09. The second kappa shape index (κ2) is 10.1. The Hall–Kier alpha value is -3.99. The van der Waals surface area contributed by atoms with Crippen molar-refractivity contribution in [3.8, 4) is 0 Å². The van der Waals surface area contributed by atoms with Crippen LogP contribution in [0.4, 0.5) is 21.9 Å². The van der Waals surface area contributed by atoms with Crippen LogP contribution in [0.2, 0.25) is 0 Å². The highest BCUT2D eigenvalue weighted by Gasteiger charge is 2.33. The van der Waals surface area contributed by atoms with Gasteiger partial charge in [-0.1, -0.05) is 12.1 Å². The topological polar surface area (TPSA) is 126 Å². The van der Waals surface area contributed by atoms with Crippen LogP contribution in [0.1, 0.15) is 25.5 Å². The molecule has 172 valence electrons. The van der Waals surface area contributed by atoms with Crippen molar-refractivity contribution in [2.24, 2.45) is 0 Å². The Balaban J connectivity index is 1.73. The summed E-state index contributed by atoms with van der Waals surface area (Å²) in [7, 11) is 1.77. The van der Waals surface area contributed by atoms with Gasteiger partial charge >= 0.3 is 12.0 Å². The predicted octanol–water partition coefficient (Wildman–Crippen LogP) is 3.94. The Morgan fingerprint density at radius 3 is 2.18 bits per heavy atom. The van der Waals surface area contributed by atoms with Crippen molar-refractivity contribution in [1.29, 1.82) is 0 Å². The number of nitrogens with one attached hydrogen (secondary N) is 3. The van der Waals surface area contributed by atoms with Crippen LogP contribution in [0, 0.1) is 10.1 Å². The highest BCUT2D eigenvalue weighted by Crippen LogP contribution is 2.31. The van der Waals surface area contributed by atoms with Gasteiger partial charge in [0.05, 0.1) is 23.1 Å². The average Bonchev–Trinajstić information content (AvgIpc) is 2.78. The van der Waals surface area contributed by atoms with Gasteiger partial charge in [-0.15, -0.1) is 0 Å². The molecule has 3 N–H and O–H groups in total. The van der Waals surface area contributed by atoms with Crippen molar-refractivity contribution in [2.75, 3.05) is 24.3 Å². The molecule has 2 aromatic carbocycles. The molecule has 2 amide bonds. The van der Waals surface area contributed by atoms with Gasteiger partial charge in [0.1, 0.15) is 0 Å². The molecule has 3 rings (SSSR count). The van der Waals surface area contributed by atoms with Crippen molar-refractivity contribution in [3.05, 3.63) is 75.5 Å². The molecule has 0 radical (unpaired) electrons. The monoisotopic (exact) mass is 469 g/mol. The van der Waals surface area contributed by atoms with Crippen LogP contribution >= 0.6 is 12.2 Å². The first-order chi connectivity index (χ1) is 15.7. The van der Waals surface area contributed by atoms with E-state index in [1.807, 2.05) is 6.92 Å². The maximum Gasteiger partial charge on any atom is 0.338 e. The maximum atomic E-state index is 12.6. The molecule has 0 fully saturated rings. The number of rotatable bonds is 6. The van der Waals surface area contributed by atoms with Gasteiger partial charge in [-0.3, -0.25) is 10.1 Å². The largest absolute Gasteiger partial charge is 0.463 e. The van der Waals surface area contributed by atoms with E-state index in [2.05, 4.69) is 16.0 Å². The van der Waals surface area contributed by atoms with Crippen molar-refractivity contribution in [2.45, 2.75) is 19.9 Å². The number of nitro benzene ring substituents is 1. The molecule has 1 aliphatic rings. The van der Waals surface area contributed by atoms with E-state index in [4.69, 9.17) is 17.0 Å². The summed E-state index contributed by atoms with van der Waals surface area (Å²) in [4.78, 5) is 36.8. The molecule has 1 atom stereocenters. The highest BCUT2D eigenvalue weighted by atomic mass is 32.1. The molecule has 0 aromatic heterocycles. The average molecular weight is 470 g/mol. The summed E-state index contributed by atoms with van der Waals surface area (Å²) in [6, 6.07) is 11.5. The maximum absolute atomic E-state index is 12.6. The molecule has 0 spiro atoms. The first-order valence-corrected chi connectivity index (χ1v) is 10.5. The van der Waals surface area contributed by atoms with Gasteiger partial charge in [-0.25, -0.2) is 9.59 Å². The van der Waals surface area contributed by atoms with Crippen molar-refractivity contribution >= 4 is 46.4 Å². The molecule has 10 nitrogen and oxygen atoms in total. The first-order valence-electron chi connectivity index (χ1n) is 10.1. The third kappa shape index (κ3) is 5.44. The lowest BCUT2D eigenvalue weighted by atomic mass is 9.95. The predicted molar refractivity (Wildman–Crippen MR) is 128 cm³/mol. The van der Waals surface area contributed by atoms with Crippen molar-refractivity contribution in [3.63, 3.8) is 0 Å². The molecule has 1 heterocycles. The second-order valence-electron chi connectivity index (χ2n) is 7.17. The lowest BCUT2D eigenvalue weighted by Gasteiger charge is -2.35. The van der Waals surface area contributed by atoms with E-state index in [0.717, 1.165) is 5.56 Å². The first kappa shape index (κ1) is 23.7. The summed E-state index contributed by atoms with van der Waals surface area (Å²) in [5.41, 5.74) is 2.81. The number of carbonyl (C=O) groups is 2. The molecule has 0 aliphatic carbocycles. The fraction of sp³-hybridized carbons (Fsp3) is 0.227. The van der Waals surface area contributed by atoms with E-state index in [9.17, 15) is 19.7 Å². The Morgan fingerprint density at radius 1 is 1.12 bits per heavy atom. The van der Waals surface area contributed by atoms with Crippen LogP contribution in [-0.4, -0.2) is 40.6 Å². The summed E-state index contributed by atoms with van der Waals surface area (Å²) >= 11 is 5.38. The number of hydrogen-bond donors (Lipinski definition) is 3. The highest BCUT2D eigenvalue weighted by molar-refractivity contribution is 7.80. The van der Waals surface area contributed by atoms with Crippen molar-refractivity contribution in [1.82, 2.24) is 10.2 Å². The Bertz CT molecular complexity index is 1120. The number of esters is 1. The number of nitrogens with zero attached hydrogens (tertiary/aromatic N) is 2. The van der Waals surface area contributed by atoms with Crippen LogP contribution in [0.15, 0.2) is 59.8 Å². The van der Waals surface area contributed by atoms with E-state index in [-0.39, 0.29) is 12.3 Å². The number of allylic oxidation sites excluding steroid dienone is 1. The molecule has 0 bridgehead atoms. The number of ether oxygens (including phenoxy) is 1. The number of non-ortho nitro benzene ring substituents is 1. The third-order valence-corrected chi connectivity index (χ3v) is 5.48. The zero-order valence-electron chi connectivity index (χ0n) is 18.2. The molecule has 11 heteroatoms. The standard InChI is InChI=1S/C22H23N5O5S/c1-4-32-20(28)18-13(2)26(3)22(33)25-19(18)14-5-7-15(8-6-14)23-21(29)24-16-9-11-17(12-10-16)27(30)31/h5-12,19H,4H2,1-3H3,(H,25,33)(H2,23,24,29). The number of anilines is 2. The molecule has 1 aliphatic heterocycles. The molecule has 2 aromatic rings. The summed E-state index contributed by atoms with van der Waals surface area (Å²) in [6.45, 7) is 3.81. The number of benzene rings is 2. The Morgan fingerprint density at radius 2 is 1.67 bits per heavy atom. The number of thiocarbonyl (C=S) groups is 1. The summed E-state index contributed by atoms with van der Waals surface area (Å²) in [5, 5.41) is 19.7. The van der Waals surface area contributed by atoms with Gasteiger partial charge in [-0.2, -0.15) is 0 Å². The van der Waals surface area contributed by atoms with Gasteiger partial charge in [0, 0.05) is 36.3 Å². The summed E-state index contributed by atoms with van der Waals surface area (Å²) in [6.07, 6.45) is 0. The number of carbonyl (C=O) groups excluding carboxylic acids is 2. The van der Waals surface area contributed by atoms with Gasteiger partial charge in [-0.05, 0) is 55.9 Å². The van der Waals surface area contributed by atoms with Crippen LogP contribution in [0.25, 0.3) is 0 Å². The van der Waals surface area contributed by atoms with Crippen LogP contribution in [0.5, 0.6) is 0 Å². The van der Waals surface area contributed by atoms with Gasteiger partial charge in [0.2, 0.25) is 0 Å². The van der Waals surface area contributed by atoms with Crippen molar-refractivity contribution < 1.29 is 19.2 Å². The van der Waals surface area contributed by atoms with Crippen LogP contribution in [-0.2, 0) is 9.53 Å². The van der Waals surface area contributed by atoms with E-state index in [1.54, 1.807) is 43.1 Å². The normalized spacial score (nSPS) is 15.5. The number of hydrogen-bond acceptors (Lipinski definition) is 6. The SMILES string of the molecule is CCOC(=O)C1=C(C)N(C)C(=S)NC1c1ccc(NC(=O)Nc2ccc([N+](=O)[O-])cc2)cc1. The van der Waals surface area contributed by atoms with Gasteiger partial charge in [0.15, 0.2) is 5.11 Å².